The minimum absolute atomic E-state index is 0.0338. The zero-order valence-corrected chi connectivity index (χ0v) is 34.7. The topological polar surface area (TPSA) is 89.4 Å². The minimum Gasteiger partial charge on any atom is -0.477 e. The number of rotatable bonds is 16. The second-order valence-electron chi connectivity index (χ2n) is 12.3. The Balaban J connectivity index is 1.47. The first-order valence-electron chi connectivity index (χ1n) is 16.9. The van der Waals surface area contributed by atoms with Gasteiger partial charge in [-0.2, -0.15) is 0 Å². The van der Waals surface area contributed by atoms with Crippen LogP contribution in [0, 0.1) is 17.6 Å². The van der Waals surface area contributed by atoms with E-state index in [0.717, 1.165) is 51.0 Å². The van der Waals surface area contributed by atoms with Crippen LogP contribution in [0.15, 0.2) is 56.1 Å². The van der Waals surface area contributed by atoms with Crippen LogP contribution in [0.4, 0.5) is 8.78 Å². The molecule has 0 bridgehead atoms. The highest BCUT2D eigenvalue weighted by molar-refractivity contribution is 9.11. The lowest BCUT2D eigenvalue weighted by Gasteiger charge is -2.16. The fourth-order valence-corrected chi connectivity index (χ4v) is 10.6. The van der Waals surface area contributed by atoms with Crippen LogP contribution in [0.1, 0.15) is 84.6 Å². The average Bonchev–Trinajstić information content (AvgIpc) is 3.96. The highest BCUT2D eigenvalue weighted by Gasteiger charge is 2.29. The van der Waals surface area contributed by atoms with Gasteiger partial charge in [0.05, 0.1) is 35.1 Å². The van der Waals surface area contributed by atoms with Gasteiger partial charge in [0.15, 0.2) is 11.6 Å². The first kappa shape index (κ1) is 38.8. The fourth-order valence-electron chi connectivity index (χ4n) is 5.99. The number of ether oxygens (including phenoxy) is 1. The van der Waals surface area contributed by atoms with E-state index in [1.54, 1.807) is 42.5 Å². The van der Waals surface area contributed by atoms with Gasteiger partial charge in [0, 0.05) is 9.75 Å². The van der Waals surface area contributed by atoms with E-state index in [0.29, 0.717) is 48.3 Å². The van der Waals surface area contributed by atoms with Crippen molar-refractivity contribution in [3.63, 3.8) is 0 Å². The molecule has 0 amide bonds. The molecule has 0 aliphatic carbocycles. The van der Waals surface area contributed by atoms with Crippen molar-refractivity contribution in [2.75, 3.05) is 6.61 Å². The maximum Gasteiger partial charge on any atom is 0.348 e. The van der Waals surface area contributed by atoms with Crippen molar-refractivity contribution in [3.8, 4) is 42.0 Å². The lowest BCUT2D eigenvalue weighted by molar-refractivity contribution is 0.0428. The summed E-state index contributed by atoms with van der Waals surface area (Å²) in [6.45, 7) is 4.69. The number of fused-ring (bicyclic) bond motifs is 1. The number of carboxylic acid groups (broad SMARTS) is 1. The van der Waals surface area contributed by atoms with Gasteiger partial charge in [-0.05, 0) is 99.2 Å². The van der Waals surface area contributed by atoms with Crippen LogP contribution in [0.3, 0.4) is 0 Å². The number of carbonyl (C=O) groups excluding carboxylic acids is 1. The highest BCUT2D eigenvalue weighted by Crippen LogP contribution is 2.47. The van der Waals surface area contributed by atoms with Crippen LogP contribution < -0.4 is 0 Å². The van der Waals surface area contributed by atoms with Crippen LogP contribution >= 0.6 is 77.2 Å². The number of hydrogen-bond donors (Lipinski definition) is 1. The molecule has 0 saturated carbocycles. The molecule has 52 heavy (non-hydrogen) atoms. The number of benzene rings is 1. The molecule has 0 aliphatic rings. The number of aromatic nitrogens is 2. The third kappa shape index (κ3) is 8.57. The van der Waals surface area contributed by atoms with E-state index in [2.05, 4.69) is 45.7 Å². The largest absolute Gasteiger partial charge is 0.477 e. The van der Waals surface area contributed by atoms with Gasteiger partial charge in [-0.25, -0.2) is 28.3 Å². The Morgan fingerprint density at radius 1 is 0.692 bits per heavy atom. The molecule has 1 N–H and O–H groups in total. The molecular weight excluding hydrogens is 874 g/mol. The first-order valence-corrected chi connectivity index (χ1v) is 21.8. The number of nitrogens with zero attached hydrogens (tertiary/aromatic N) is 2. The van der Waals surface area contributed by atoms with E-state index < -0.39 is 23.6 Å². The van der Waals surface area contributed by atoms with Crippen LogP contribution in [-0.4, -0.2) is 33.6 Å². The molecule has 6 rings (SSSR count). The van der Waals surface area contributed by atoms with E-state index in [1.807, 2.05) is 0 Å². The summed E-state index contributed by atoms with van der Waals surface area (Å²) in [6, 6.07) is 13.4. The predicted molar refractivity (Wildman–Crippen MR) is 217 cm³/mol. The quantitative estimate of drug-likeness (QED) is 0.0769. The zero-order valence-electron chi connectivity index (χ0n) is 28.3. The standard InChI is InChI=1S/C38H34Br2F2N2O4S4/c1-3-5-7-8-10-20(9-6-4-2)19-48-38(47)26-14-12-24(50-26)34-33(23-11-13-25(49-23)37(45)46)43-35-29(21-15-17-27(39)51-21)31(41)32(42)30(36(35)44-34)22-16-18-28(40)52-22/h11-18,20H,3-10,19H2,1-2H3,(H,45,46). The molecule has 0 radical (unpaired) electrons. The second kappa shape index (κ2) is 17.5. The summed E-state index contributed by atoms with van der Waals surface area (Å²) in [7, 11) is 0. The maximum absolute atomic E-state index is 16.3. The summed E-state index contributed by atoms with van der Waals surface area (Å²) in [5.41, 5.74) is 0.799. The fraction of sp³-hybridized carbons (Fsp3) is 0.316. The molecule has 5 heterocycles. The van der Waals surface area contributed by atoms with Crippen molar-refractivity contribution in [2.24, 2.45) is 5.92 Å². The Kier molecular flexibility index (Phi) is 13.1. The third-order valence-corrected chi connectivity index (χ3v) is 14.0. The summed E-state index contributed by atoms with van der Waals surface area (Å²) in [5, 5.41) is 9.73. The predicted octanol–water partition coefficient (Wildman–Crippen LogP) is 14.0. The molecule has 14 heteroatoms. The van der Waals surface area contributed by atoms with Gasteiger partial charge in [-0.1, -0.05) is 52.4 Å². The van der Waals surface area contributed by atoms with Crippen molar-refractivity contribution in [2.45, 2.75) is 65.2 Å². The van der Waals surface area contributed by atoms with Crippen LogP contribution in [0.5, 0.6) is 0 Å². The first-order chi connectivity index (χ1) is 25.1. The monoisotopic (exact) mass is 906 g/mol. The molecule has 0 saturated heterocycles. The van der Waals surface area contributed by atoms with E-state index in [9.17, 15) is 14.7 Å². The SMILES string of the molecule is CCCCCCC(CCCC)COC(=O)c1ccc(-c2nc3c(-c4ccc(Br)s4)c(F)c(F)c(-c4ccc(Br)s4)c3nc2-c2ccc(C(=O)O)s2)s1. The van der Waals surface area contributed by atoms with Crippen molar-refractivity contribution in [3.05, 3.63) is 77.5 Å². The van der Waals surface area contributed by atoms with Gasteiger partial charge >= 0.3 is 11.9 Å². The number of aromatic carboxylic acids is 1. The van der Waals surface area contributed by atoms with Crippen molar-refractivity contribution in [1.82, 2.24) is 9.97 Å². The van der Waals surface area contributed by atoms with Crippen molar-refractivity contribution >= 4 is 100 Å². The summed E-state index contributed by atoms with van der Waals surface area (Å²) in [4.78, 5) is 37.7. The van der Waals surface area contributed by atoms with Crippen LogP contribution in [-0.2, 0) is 4.74 Å². The number of unbranched alkanes of at least 4 members (excludes halogenated alkanes) is 4. The molecule has 1 aromatic carbocycles. The Morgan fingerprint density at radius 2 is 1.19 bits per heavy atom. The molecule has 0 spiro atoms. The maximum atomic E-state index is 16.3. The summed E-state index contributed by atoms with van der Waals surface area (Å²) in [5.74, 6) is -3.35. The smallest absolute Gasteiger partial charge is 0.348 e. The molecule has 0 fully saturated rings. The van der Waals surface area contributed by atoms with Gasteiger partial charge in [0.2, 0.25) is 0 Å². The zero-order chi connectivity index (χ0) is 36.9. The van der Waals surface area contributed by atoms with E-state index in [1.165, 1.54) is 59.3 Å². The van der Waals surface area contributed by atoms with Gasteiger partial charge in [-0.15, -0.1) is 45.3 Å². The molecule has 6 nitrogen and oxygen atoms in total. The Bertz CT molecular complexity index is 2230. The number of carbonyl (C=O) groups is 2. The summed E-state index contributed by atoms with van der Waals surface area (Å²) >= 11 is 11.5. The number of halogens is 4. The Morgan fingerprint density at radius 3 is 1.67 bits per heavy atom. The second-order valence-corrected chi connectivity index (χ2v) is 19.4. The molecule has 1 unspecified atom stereocenters. The molecule has 6 aromatic rings. The number of esters is 1. The Hall–Kier alpha value is -2.88. The highest BCUT2D eigenvalue weighted by atomic mass is 79.9. The lowest BCUT2D eigenvalue weighted by atomic mass is 9.96. The lowest BCUT2D eigenvalue weighted by Crippen LogP contribution is -2.14. The van der Waals surface area contributed by atoms with E-state index in [-0.39, 0.29) is 27.0 Å². The molecule has 1 atom stereocenters. The summed E-state index contributed by atoms with van der Waals surface area (Å²) < 4.78 is 39.9. The van der Waals surface area contributed by atoms with E-state index >= 15 is 8.78 Å². The number of carboxylic acids is 1. The normalized spacial score (nSPS) is 12.1. The van der Waals surface area contributed by atoms with Gasteiger partial charge in [0.25, 0.3) is 0 Å². The van der Waals surface area contributed by atoms with Crippen molar-refractivity contribution < 1.29 is 28.2 Å². The van der Waals surface area contributed by atoms with Crippen molar-refractivity contribution in [1.29, 1.82) is 0 Å². The summed E-state index contributed by atoms with van der Waals surface area (Å²) in [6.07, 6.45) is 8.82. The number of hydrogen-bond acceptors (Lipinski definition) is 9. The van der Waals surface area contributed by atoms with Gasteiger partial charge in [-0.3, -0.25) is 0 Å². The Labute approximate surface area is 333 Å². The third-order valence-electron chi connectivity index (χ3n) is 8.61. The van der Waals surface area contributed by atoms with Gasteiger partial charge in [0.1, 0.15) is 32.2 Å². The molecule has 5 aromatic heterocycles. The minimum atomic E-state index is -1.10. The van der Waals surface area contributed by atoms with Gasteiger partial charge < -0.3 is 9.84 Å². The molecule has 272 valence electrons. The van der Waals surface area contributed by atoms with Crippen LogP contribution in [0.25, 0.3) is 53.1 Å². The number of thiophene rings is 4. The average molecular weight is 909 g/mol. The van der Waals surface area contributed by atoms with E-state index in [4.69, 9.17) is 14.7 Å². The molecule has 0 aliphatic heterocycles. The van der Waals surface area contributed by atoms with Crippen LogP contribution in [0.2, 0.25) is 0 Å². The molecular formula is C38H34Br2F2N2O4S4.